The van der Waals surface area contributed by atoms with Crippen LogP contribution in [0.25, 0.3) is 0 Å². The number of amides is 1. The molecule has 3 heterocycles. The fourth-order valence-corrected chi connectivity index (χ4v) is 6.17. The predicted molar refractivity (Wildman–Crippen MR) is 144 cm³/mol. The van der Waals surface area contributed by atoms with Gasteiger partial charge in [-0.2, -0.15) is 0 Å². The third-order valence-corrected chi connectivity index (χ3v) is 8.64. The molecule has 1 aliphatic carbocycles. The monoisotopic (exact) mass is 513 g/mol. The summed E-state index contributed by atoms with van der Waals surface area (Å²) in [7, 11) is 0. The van der Waals surface area contributed by atoms with Gasteiger partial charge in [-0.15, -0.1) is 5.10 Å². The Morgan fingerprint density at radius 3 is 2.63 bits per heavy atom. The van der Waals surface area contributed by atoms with E-state index in [1.165, 1.54) is 36.9 Å². The van der Waals surface area contributed by atoms with Gasteiger partial charge >= 0.3 is 0 Å². The molecule has 1 spiro atoms. The minimum absolute atomic E-state index is 0.0362. The average molecular weight is 514 g/mol. The first-order valence-electron chi connectivity index (χ1n) is 13.8. The van der Waals surface area contributed by atoms with Crippen molar-refractivity contribution >= 4 is 17.4 Å². The molecule has 0 radical (unpaired) electrons. The van der Waals surface area contributed by atoms with Crippen LogP contribution in [0.5, 0.6) is 0 Å². The molecular formula is C30H35N5O3. The molecule has 38 heavy (non-hydrogen) atoms. The number of H-pyrrole nitrogens is 1. The number of anilines is 1. The van der Waals surface area contributed by atoms with Gasteiger partial charge in [0, 0.05) is 44.8 Å². The Kier molecular flexibility index (Phi) is 6.98. The topological polar surface area (TPSA) is 100 Å². The number of fused-ring (bicyclic) bond motifs is 1. The summed E-state index contributed by atoms with van der Waals surface area (Å²) in [5.41, 5.74) is 5.01. The van der Waals surface area contributed by atoms with E-state index in [0.29, 0.717) is 30.5 Å². The fraction of sp³-hybridized carbons (Fsp3) is 0.467. The zero-order chi connectivity index (χ0) is 26.0. The molecule has 8 heteroatoms. The van der Waals surface area contributed by atoms with Crippen LogP contribution in [0.3, 0.4) is 0 Å². The third-order valence-electron chi connectivity index (χ3n) is 8.64. The first-order valence-corrected chi connectivity index (χ1v) is 13.8. The highest BCUT2D eigenvalue weighted by Crippen LogP contribution is 2.41. The lowest BCUT2D eigenvalue weighted by Gasteiger charge is -2.45. The van der Waals surface area contributed by atoms with Crippen LogP contribution in [0, 0.1) is 5.41 Å². The summed E-state index contributed by atoms with van der Waals surface area (Å²) in [6.45, 7) is 3.89. The fourth-order valence-electron chi connectivity index (χ4n) is 6.17. The van der Waals surface area contributed by atoms with Crippen molar-refractivity contribution in [2.24, 2.45) is 5.41 Å². The molecule has 0 saturated carbocycles. The maximum absolute atomic E-state index is 13.2. The van der Waals surface area contributed by atoms with Gasteiger partial charge in [-0.05, 0) is 72.8 Å². The van der Waals surface area contributed by atoms with E-state index in [0.717, 1.165) is 43.9 Å². The minimum atomic E-state index is -0.544. The van der Waals surface area contributed by atoms with Gasteiger partial charge in [0.25, 0.3) is 5.91 Å². The summed E-state index contributed by atoms with van der Waals surface area (Å²) in [4.78, 5) is 32.9. The Bertz CT molecular complexity index is 1290. The molecule has 8 nitrogen and oxygen atoms in total. The van der Waals surface area contributed by atoms with Crippen molar-refractivity contribution < 1.29 is 14.3 Å². The number of piperidine rings is 1. The summed E-state index contributed by atoms with van der Waals surface area (Å²) in [5.74, 6) is 0.309. The van der Waals surface area contributed by atoms with E-state index in [1.807, 2.05) is 30.3 Å². The van der Waals surface area contributed by atoms with Crippen molar-refractivity contribution in [1.29, 1.82) is 0 Å². The number of hydrogen-bond acceptors (Lipinski definition) is 6. The van der Waals surface area contributed by atoms with Gasteiger partial charge in [0.15, 0.2) is 5.78 Å². The molecular weight excluding hydrogens is 478 g/mol. The first kappa shape index (κ1) is 24.8. The number of rotatable bonds is 5. The molecule has 0 bridgehead atoms. The number of ether oxygens (including phenoxy) is 1. The van der Waals surface area contributed by atoms with Gasteiger partial charge < -0.3 is 15.0 Å². The summed E-state index contributed by atoms with van der Waals surface area (Å²) < 4.78 is 5.59. The Labute approximate surface area is 223 Å². The van der Waals surface area contributed by atoms with Gasteiger partial charge in [-0.3, -0.25) is 14.7 Å². The molecule has 2 aliphatic heterocycles. The second kappa shape index (κ2) is 10.7. The number of aromatic amines is 1. The van der Waals surface area contributed by atoms with Gasteiger partial charge in [0.2, 0.25) is 5.82 Å². The summed E-state index contributed by atoms with van der Waals surface area (Å²) >= 11 is 0. The molecule has 1 unspecified atom stereocenters. The minimum Gasteiger partial charge on any atom is -0.381 e. The van der Waals surface area contributed by atoms with Crippen LogP contribution in [-0.2, 0) is 28.8 Å². The zero-order valence-electron chi connectivity index (χ0n) is 21.7. The van der Waals surface area contributed by atoms with Gasteiger partial charge in [0.05, 0.1) is 6.04 Å². The van der Waals surface area contributed by atoms with Gasteiger partial charge in [0.1, 0.15) is 5.82 Å². The summed E-state index contributed by atoms with van der Waals surface area (Å²) in [6, 6.07) is 15.9. The van der Waals surface area contributed by atoms with Crippen LogP contribution in [0.15, 0.2) is 48.5 Å². The molecule has 3 aliphatic rings. The lowest BCUT2D eigenvalue weighted by Crippen LogP contribution is -2.43. The summed E-state index contributed by atoms with van der Waals surface area (Å²) in [5, 5.41) is 9.83. The van der Waals surface area contributed by atoms with Gasteiger partial charge in [-0.25, -0.2) is 4.98 Å². The van der Waals surface area contributed by atoms with Crippen LogP contribution in [0.1, 0.15) is 65.2 Å². The Hall–Kier alpha value is -3.52. The number of benzene rings is 2. The molecule has 2 aromatic carbocycles. The largest absolute Gasteiger partial charge is 0.381 e. The number of hydrogen-bond donors (Lipinski definition) is 2. The lowest BCUT2D eigenvalue weighted by molar-refractivity contribution is -0.120. The second-order valence-corrected chi connectivity index (χ2v) is 11.0. The molecule has 1 atom stereocenters. The maximum Gasteiger partial charge on any atom is 0.291 e. The van der Waals surface area contributed by atoms with Crippen molar-refractivity contribution in [3.8, 4) is 0 Å². The number of aryl methyl sites for hydroxylation is 1. The SMILES string of the molecule is O=C(NC1CCc2ccc(N3CCC4(CCOCC4)CC3)cc2CC1=O)c1n[nH]c(Cc2ccccc2)n1. The number of Topliss-reactive ketones (excluding diaryl/α,β-unsaturated/α-hetero) is 1. The molecule has 1 amide bonds. The molecule has 1 aromatic heterocycles. The Morgan fingerprint density at radius 1 is 1.05 bits per heavy atom. The van der Waals surface area contributed by atoms with Crippen molar-refractivity contribution in [3.63, 3.8) is 0 Å². The van der Waals surface area contributed by atoms with Crippen LogP contribution >= 0.6 is 0 Å². The first-order chi connectivity index (χ1) is 18.6. The normalized spacial score (nSPS) is 21.1. The number of carbonyl (C=O) groups is 2. The van der Waals surface area contributed by atoms with Crippen molar-refractivity contribution in [2.75, 3.05) is 31.2 Å². The summed E-state index contributed by atoms with van der Waals surface area (Å²) in [6.07, 6.45) is 6.98. The van der Waals surface area contributed by atoms with E-state index in [1.54, 1.807) is 0 Å². The Balaban J connectivity index is 1.07. The molecule has 6 rings (SSSR count). The highest BCUT2D eigenvalue weighted by Gasteiger charge is 2.36. The van der Waals surface area contributed by atoms with Crippen LogP contribution in [0.2, 0.25) is 0 Å². The zero-order valence-corrected chi connectivity index (χ0v) is 21.7. The number of nitrogens with zero attached hydrogens (tertiary/aromatic N) is 3. The number of nitrogens with one attached hydrogen (secondary N) is 2. The highest BCUT2D eigenvalue weighted by molar-refractivity contribution is 5.96. The van der Waals surface area contributed by atoms with E-state index in [9.17, 15) is 9.59 Å². The smallest absolute Gasteiger partial charge is 0.291 e. The number of carbonyl (C=O) groups excluding carboxylic acids is 2. The standard InChI is InChI=1S/C30H35N5O3/c36-26-20-23-19-24(35-14-10-30(11-15-35)12-16-38-17-13-30)8-6-22(23)7-9-25(26)31-29(37)28-32-27(33-34-28)18-21-4-2-1-3-5-21/h1-6,8,19,25H,7,9-18,20H2,(H,31,37)(H,32,33,34). The van der Waals surface area contributed by atoms with Crippen LogP contribution in [0.4, 0.5) is 5.69 Å². The maximum atomic E-state index is 13.2. The third kappa shape index (κ3) is 5.36. The molecule has 2 fully saturated rings. The highest BCUT2D eigenvalue weighted by atomic mass is 16.5. The molecule has 2 N–H and O–H groups in total. The predicted octanol–water partition coefficient (Wildman–Crippen LogP) is 3.65. The second-order valence-electron chi connectivity index (χ2n) is 11.0. The molecule has 198 valence electrons. The number of ketones is 1. The number of aromatic nitrogens is 3. The molecule has 3 aromatic rings. The lowest BCUT2D eigenvalue weighted by atomic mass is 9.72. The average Bonchev–Trinajstić information content (AvgIpc) is 3.35. The van der Waals surface area contributed by atoms with Crippen molar-refractivity contribution in [2.45, 2.75) is 57.4 Å². The van der Waals surface area contributed by atoms with Crippen molar-refractivity contribution in [3.05, 3.63) is 76.9 Å². The Morgan fingerprint density at radius 2 is 1.84 bits per heavy atom. The quantitative estimate of drug-likeness (QED) is 0.505. The van der Waals surface area contributed by atoms with E-state index >= 15 is 0 Å². The van der Waals surface area contributed by atoms with E-state index in [4.69, 9.17) is 4.74 Å². The van der Waals surface area contributed by atoms with Crippen molar-refractivity contribution in [1.82, 2.24) is 20.5 Å². The van der Waals surface area contributed by atoms with Crippen LogP contribution < -0.4 is 10.2 Å². The van der Waals surface area contributed by atoms with Crippen LogP contribution in [-0.4, -0.2) is 59.2 Å². The van der Waals surface area contributed by atoms with Gasteiger partial charge in [-0.1, -0.05) is 36.4 Å². The van der Waals surface area contributed by atoms with E-state index in [-0.39, 0.29) is 11.6 Å². The van der Waals surface area contributed by atoms with E-state index < -0.39 is 11.9 Å². The van der Waals surface area contributed by atoms with E-state index in [2.05, 4.69) is 43.6 Å². The molecule has 2 saturated heterocycles.